The minimum Gasteiger partial charge on any atom is -0.310 e. The van der Waals surface area contributed by atoms with Gasteiger partial charge in [0.15, 0.2) is 0 Å². The van der Waals surface area contributed by atoms with Crippen LogP contribution in [-0.2, 0) is 6.54 Å². The molecule has 1 aliphatic carbocycles. The quantitative estimate of drug-likeness (QED) is 0.899. The number of nitrogens with one attached hydrogen (secondary N) is 1. The van der Waals surface area contributed by atoms with Gasteiger partial charge in [0.2, 0.25) is 0 Å². The van der Waals surface area contributed by atoms with E-state index in [0.717, 1.165) is 11.8 Å². The number of thioether (sulfide) groups is 1. The molecule has 1 aromatic carbocycles. The van der Waals surface area contributed by atoms with Gasteiger partial charge in [-0.05, 0) is 42.0 Å². The van der Waals surface area contributed by atoms with Crippen LogP contribution in [0.1, 0.15) is 31.7 Å². The highest BCUT2D eigenvalue weighted by molar-refractivity contribution is 7.99. The molecule has 0 spiro atoms. The van der Waals surface area contributed by atoms with Crippen LogP contribution < -0.4 is 5.32 Å². The molecule has 106 valence electrons. The fraction of sp³-hybridized carbons (Fsp3) is 0.471. The van der Waals surface area contributed by atoms with Crippen molar-refractivity contribution in [3.63, 3.8) is 0 Å². The van der Waals surface area contributed by atoms with E-state index in [1.165, 1.54) is 41.4 Å². The summed E-state index contributed by atoms with van der Waals surface area (Å²) >= 11 is 2.12. The number of benzene rings is 1. The number of hydrogen-bond donors (Lipinski definition) is 1. The maximum Gasteiger partial charge on any atom is 0.0346 e. The van der Waals surface area contributed by atoms with Crippen LogP contribution in [0.2, 0.25) is 0 Å². The van der Waals surface area contributed by atoms with Crippen LogP contribution in [0.3, 0.4) is 0 Å². The predicted octanol–water partition coefficient (Wildman–Crippen LogP) is 4.00. The lowest BCUT2D eigenvalue weighted by molar-refractivity contribution is 0.526. The molecule has 0 bridgehead atoms. The first-order valence-corrected chi connectivity index (χ1v) is 8.58. The Morgan fingerprint density at radius 1 is 1.30 bits per heavy atom. The minimum atomic E-state index is 0.691. The summed E-state index contributed by atoms with van der Waals surface area (Å²) in [4.78, 5) is 4.20. The topological polar surface area (TPSA) is 24.9 Å². The lowest BCUT2D eigenvalue weighted by Crippen LogP contribution is -2.26. The number of fused-ring (bicyclic) bond motifs is 1. The zero-order chi connectivity index (χ0) is 13.8. The standard InChI is InChI=1S/C17H22N2S/c1-2-20-16-7-6-15(10-16)19-12-14-5-3-4-13-11-18-9-8-17(13)14/h3-5,8-9,11,15-16,19H,2,6-7,10,12H2,1H3. The normalized spacial score (nSPS) is 22.4. The monoisotopic (exact) mass is 286 g/mol. The van der Waals surface area contributed by atoms with E-state index >= 15 is 0 Å². The van der Waals surface area contributed by atoms with Gasteiger partial charge in [0.05, 0.1) is 0 Å². The fourth-order valence-corrected chi connectivity index (χ4v) is 4.25. The van der Waals surface area contributed by atoms with Gasteiger partial charge in [-0.1, -0.05) is 25.1 Å². The van der Waals surface area contributed by atoms with Gasteiger partial charge in [-0.2, -0.15) is 11.8 Å². The molecule has 1 N–H and O–H groups in total. The number of hydrogen-bond acceptors (Lipinski definition) is 3. The van der Waals surface area contributed by atoms with Gasteiger partial charge >= 0.3 is 0 Å². The Bertz CT molecular complexity index is 564. The molecule has 1 aromatic heterocycles. The second-order valence-corrected chi connectivity index (χ2v) is 7.06. The minimum absolute atomic E-state index is 0.691. The van der Waals surface area contributed by atoms with Gasteiger partial charge in [-0.25, -0.2) is 0 Å². The Morgan fingerprint density at radius 2 is 2.25 bits per heavy atom. The molecule has 0 radical (unpaired) electrons. The predicted molar refractivity (Wildman–Crippen MR) is 88.1 cm³/mol. The molecule has 0 saturated heterocycles. The number of nitrogens with zero attached hydrogens (tertiary/aromatic N) is 1. The van der Waals surface area contributed by atoms with Crippen molar-refractivity contribution in [2.24, 2.45) is 0 Å². The van der Waals surface area contributed by atoms with E-state index < -0.39 is 0 Å². The van der Waals surface area contributed by atoms with Gasteiger partial charge in [0.25, 0.3) is 0 Å². The molecule has 2 aromatic rings. The Hall–Kier alpha value is -1.06. The number of pyridine rings is 1. The summed E-state index contributed by atoms with van der Waals surface area (Å²) < 4.78 is 0. The molecule has 0 amide bonds. The van der Waals surface area contributed by atoms with Crippen molar-refractivity contribution >= 4 is 22.5 Å². The lowest BCUT2D eigenvalue weighted by Gasteiger charge is -2.14. The van der Waals surface area contributed by atoms with Crippen molar-refractivity contribution in [3.8, 4) is 0 Å². The SMILES string of the molecule is CCSC1CCC(NCc2cccc3cnccc23)C1. The van der Waals surface area contributed by atoms with Gasteiger partial charge in [-0.15, -0.1) is 0 Å². The summed E-state index contributed by atoms with van der Waals surface area (Å²) in [5.41, 5.74) is 1.39. The van der Waals surface area contributed by atoms with Crippen LogP contribution >= 0.6 is 11.8 Å². The van der Waals surface area contributed by atoms with Crippen LogP contribution in [0.5, 0.6) is 0 Å². The van der Waals surface area contributed by atoms with Crippen molar-refractivity contribution in [1.29, 1.82) is 0 Å². The van der Waals surface area contributed by atoms with E-state index in [2.05, 4.69) is 53.3 Å². The van der Waals surface area contributed by atoms with Gasteiger partial charge in [-0.3, -0.25) is 4.98 Å². The molecule has 1 fully saturated rings. The van der Waals surface area contributed by atoms with E-state index in [4.69, 9.17) is 0 Å². The summed E-state index contributed by atoms with van der Waals surface area (Å²) in [5.74, 6) is 1.24. The van der Waals surface area contributed by atoms with Crippen molar-refractivity contribution in [2.45, 2.75) is 44.0 Å². The smallest absolute Gasteiger partial charge is 0.0346 e. The Morgan fingerprint density at radius 3 is 3.15 bits per heavy atom. The van der Waals surface area contributed by atoms with Crippen molar-refractivity contribution < 1.29 is 0 Å². The first-order valence-electron chi connectivity index (χ1n) is 7.53. The van der Waals surface area contributed by atoms with E-state index in [-0.39, 0.29) is 0 Å². The highest BCUT2D eigenvalue weighted by Crippen LogP contribution is 2.30. The van der Waals surface area contributed by atoms with Crippen molar-refractivity contribution in [2.75, 3.05) is 5.75 Å². The maximum absolute atomic E-state index is 4.20. The van der Waals surface area contributed by atoms with Gasteiger partial charge < -0.3 is 5.32 Å². The summed E-state index contributed by atoms with van der Waals surface area (Å²) in [6.07, 6.45) is 7.85. The fourth-order valence-electron chi connectivity index (χ4n) is 3.11. The molecule has 1 saturated carbocycles. The van der Waals surface area contributed by atoms with Crippen LogP contribution in [0.4, 0.5) is 0 Å². The summed E-state index contributed by atoms with van der Waals surface area (Å²) in [6, 6.07) is 9.30. The first kappa shape index (κ1) is 13.9. The van der Waals surface area contributed by atoms with E-state index in [1.54, 1.807) is 0 Å². The Labute approximate surface area is 125 Å². The van der Waals surface area contributed by atoms with E-state index in [1.807, 2.05) is 12.4 Å². The molecular weight excluding hydrogens is 264 g/mol. The zero-order valence-corrected chi connectivity index (χ0v) is 12.8. The molecule has 0 aliphatic heterocycles. The second kappa shape index (κ2) is 6.59. The molecule has 3 rings (SSSR count). The average Bonchev–Trinajstić information content (AvgIpc) is 2.93. The number of rotatable bonds is 5. The van der Waals surface area contributed by atoms with Gasteiger partial charge in [0, 0.05) is 35.6 Å². The molecule has 2 unspecified atom stereocenters. The summed E-state index contributed by atoms with van der Waals surface area (Å²) in [7, 11) is 0. The molecule has 1 heterocycles. The van der Waals surface area contributed by atoms with E-state index in [9.17, 15) is 0 Å². The lowest BCUT2D eigenvalue weighted by atomic mass is 10.1. The van der Waals surface area contributed by atoms with Gasteiger partial charge in [0.1, 0.15) is 0 Å². The third-order valence-corrected chi connectivity index (χ3v) is 5.37. The molecule has 20 heavy (non-hydrogen) atoms. The van der Waals surface area contributed by atoms with Crippen LogP contribution in [0.15, 0.2) is 36.7 Å². The summed E-state index contributed by atoms with van der Waals surface area (Å²) in [5, 5.41) is 7.17. The second-order valence-electron chi connectivity index (χ2n) is 5.48. The highest BCUT2D eigenvalue weighted by atomic mass is 32.2. The molecule has 2 nitrogen and oxygen atoms in total. The van der Waals surface area contributed by atoms with Crippen LogP contribution in [0, 0.1) is 0 Å². The Kier molecular flexibility index (Phi) is 4.58. The van der Waals surface area contributed by atoms with Crippen molar-refractivity contribution in [3.05, 3.63) is 42.2 Å². The third-order valence-electron chi connectivity index (χ3n) is 4.14. The maximum atomic E-state index is 4.20. The first-order chi connectivity index (χ1) is 9.86. The third kappa shape index (κ3) is 3.15. The van der Waals surface area contributed by atoms with Crippen LogP contribution in [0.25, 0.3) is 10.8 Å². The van der Waals surface area contributed by atoms with Crippen LogP contribution in [-0.4, -0.2) is 22.0 Å². The molecule has 1 aliphatic rings. The molecule has 2 atom stereocenters. The van der Waals surface area contributed by atoms with Crippen molar-refractivity contribution in [1.82, 2.24) is 10.3 Å². The Balaban J connectivity index is 1.63. The highest BCUT2D eigenvalue weighted by Gasteiger charge is 2.23. The molecular formula is C17H22N2S. The number of aromatic nitrogens is 1. The van der Waals surface area contributed by atoms with E-state index in [0.29, 0.717) is 6.04 Å². The zero-order valence-electron chi connectivity index (χ0n) is 12.0. The largest absolute Gasteiger partial charge is 0.310 e. The summed E-state index contributed by atoms with van der Waals surface area (Å²) in [6.45, 7) is 3.23. The average molecular weight is 286 g/mol. The molecule has 3 heteroatoms.